The Bertz CT molecular complexity index is 754. The lowest BCUT2D eigenvalue weighted by atomic mass is 10.2. The topological polar surface area (TPSA) is 59.8 Å². The summed E-state index contributed by atoms with van der Waals surface area (Å²) in [4.78, 5) is 25.4. The van der Waals surface area contributed by atoms with Crippen LogP contribution in [0.25, 0.3) is 11.3 Å². The summed E-state index contributed by atoms with van der Waals surface area (Å²) in [6, 6.07) is 8.68. The molecule has 0 radical (unpaired) electrons. The van der Waals surface area contributed by atoms with Crippen LogP contribution in [0.15, 0.2) is 66.1 Å². The van der Waals surface area contributed by atoms with E-state index in [0.717, 1.165) is 0 Å². The summed E-state index contributed by atoms with van der Waals surface area (Å²) in [5, 5.41) is 0. The van der Waals surface area contributed by atoms with Gasteiger partial charge in [-0.2, -0.15) is 0 Å². The number of nitrogens with zero attached hydrogens (tertiary/aromatic N) is 1. The maximum atomic E-state index is 12.9. The van der Waals surface area contributed by atoms with E-state index >= 15 is 0 Å². The Labute approximate surface area is 145 Å². The maximum Gasteiger partial charge on any atom is 0.374 e. The predicted octanol–water partition coefficient (Wildman–Crippen LogP) is 3.44. The number of hydrogen-bond acceptors (Lipinski definition) is 4. The van der Waals surface area contributed by atoms with Gasteiger partial charge in [0.1, 0.15) is 11.6 Å². The van der Waals surface area contributed by atoms with Gasteiger partial charge in [-0.3, -0.25) is 4.79 Å². The number of ether oxygens (including phenoxy) is 1. The van der Waals surface area contributed by atoms with E-state index in [0.29, 0.717) is 24.4 Å². The zero-order valence-electron chi connectivity index (χ0n) is 13.6. The van der Waals surface area contributed by atoms with Crippen LogP contribution >= 0.6 is 0 Å². The monoisotopic (exact) mass is 343 g/mol. The van der Waals surface area contributed by atoms with Crippen molar-refractivity contribution in [3.8, 4) is 11.3 Å². The third-order valence-electron chi connectivity index (χ3n) is 3.31. The van der Waals surface area contributed by atoms with Crippen molar-refractivity contribution in [3.05, 3.63) is 73.3 Å². The fraction of sp³-hybridized carbons (Fsp3) is 0.158. The first-order chi connectivity index (χ1) is 12.0. The SMILES string of the molecule is C=CCN(CC=C)C(=O)COC(=O)c1ccc(-c2ccc(F)cc2)o1. The van der Waals surface area contributed by atoms with Gasteiger partial charge in [0.05, 0.1) is 0 Å². The van der Waals surface area contributed by atoms with Gasteiger partial charge in [0, 0.05) is 18.7 Å². The van der Waals surface area contributed by atoms with Crippen LogP contribution in [-0.4, -0.2) is 36.5 Å². The van der Waals surface area contributed by atoms with Crippen LogP contribution in [0, 0.1) is 5.82 Å². The Morgan fingerprint density at radius 2 is 1.72 bits per heavy atom. The number of carbonyl (C=O) groups is 2. The van der Waals surface area contributed by atoms with Gasteiger partial charge in [0.15, 0.2) is 6.61 Å². The van der Waals surface area contributed by atoms with Crippen molar-refractivity contribution in [2.45, 2.75) is 0 Å². The van der Waals surface area contributed by atoms with Crippen molar-refractivity contribution in [3.63, 3.8) is 0 Å². The highest BCUT2D eigenvalue weighted by atomic mass is 19.1. The number of esters is 1. The molecule has 0 spiro atoms. The number of rotatable bonds is 8. The Morgan fingerprint density at radius 3 is 2.32 bits per heavy atom. The third-order valence-corrected chi connectivity index (χ3v) is 3.31. The molecule has 0 saturated heterocycles. The summed E-state index contributed by atoms with van der Waals surface area (Å²) < 4.78 is 23.3. The molecule has 6 heteroatoms. The van der Waals surface area contributed by atoms with Crippen LogP contribution in [0.3, 0.4) is 0 Å². The quantitative estimate of drug-likeness (QED) is 0.544. The average molecular weight is 343 g/mol. The fourth-order valence-electron chi connectivity index (χ4n) is 2.10. The van der Waals surface area contributed by atoms with Gasteiger partial charge >= 0.3 is 5.97 Å². The van der Waals surface area contributed by atoms with Crippen molar-refractivity contribution in [2.24, 2.45) is 0 Å². The molecule has 1 aromatic carbocycles. The van der Waals surface area contributed by atoms with Gasteiger partial charge in [-0.15, -0.1) is 13.2 Å². The minimum Gasteiger partial charge on any atom is -0.450 e. The summed E-state index contributed by atoms with van der Waals surface area (Å²) in [7, 11) is 0. The van der Waals surface area contributed by atoms with E-state index in [1.165, 1.54) is 35.2 Å². The van der Waals surface area contributed by atoms with Crippen LogP contribution < -0.4 is 0 Å². The molecule has 1 heterocycles. The minimum absolute atomic E-state index is 0.0360. The zero-order valence-corrected chi connectivity index (χ0v) is 13.6. The van der Waals surface area contributed by atoms with Gasteiger partial charge in [-0.1, -0.05) is 12.2 Å². The molecule has 0 aliphatic rings. The van der Waals surface area contributed by atoms with Crippen molar-refractivity contribution in [2.75, 3.05) is 19.7 Å². The third kappa shape index (κ3) is 4.91. The first kappa shape index (κ1) is 18.2. The molecule has 5 nitrogen and oxygen atoms in total. The second-order valence-corrected chi connectivity index (χ2v) is 5.12. The molecule has 0 N–H and O–H groups in total. The molecular weight excluding hydrogens is 325 g/mol. The standard InChI is InChI=1S/C19H18FNO4/c1-3-11-21(12-4-2)18(22)13-24-19(23)17-10-9-16(25-17)14-5-7-15(20)8-6-14/h3-10H,1-2,11-13H2. The van der Waals surface area contributed by atoms with E-state index in [4.69, 9.17) is 9.15 Å². The predicted molar refractivity (Wildman–Crippen MR) is 91.4 cm³/mol. The molecule has 0 atom stereocenters. The molecule has 0 aliphatic heterocycles. The van der Waals surface area contributed by atoms with Crippen molar-refractivity contribution < 1.29 is 23.1 Å². The fourth-order valence-corrected chi connectivity index (χ4v) is 2.10. The Kier molecular flexibility index (Phi) is 6.28. The molecule has 1 amide bonds. The lowest BCUT2D eigenvalue weighted by molar-refractivity contribution is -0.133. The molecule has 1 aromatic heterocycles. The summed E-state index contributed by atoms with van der Waals surface area (Å²) in [6.45, 7) is 7.39. The number of hydrogen-bond donors (Lipinski definition) is 0. The number of amides is 1. The highest BCUT2D eigenvalue weighted by molar-refractivity contribution is 5.89. The van der Waals surface area contributed by atoms with Crippen molar-refractivity contribution in [1.29, 1.82) is 0 Å². The lowest BCUT2D eigenvalue weighted by Crippen LogP contribution is -2.34. The average Bonchev–Trinajstić information content (AvgIpc) is 3.10. The van der Waals surface area contributed by atoms with Crippen LogP contribution in [0.5, 0.6) is 0 Å². The van der Waals surface area contributed by atoms with Crippen LogP contribution in [-0.2, 0) is 9.53 Å². The second-order valence-electron chi connectivity index (χ2n) is 5.12. The number of furan rings is 1. The Hall–Kier alpha value is -3.15. The summed E-state index contributed by atoms with van der Waals surface area (Å²) in [5.74, 6) is -1.11. The molecule has 0 bridgehead atoms. The zero-order chi connectivity index (χ0) is 18.2. The first-order valence-corrected chi connectivity index (χ1v) is 7.57. The highest BCUT2D eigenvalue weighted by Crippen LogP contribution is 2.22. The maximum absolute atomic E-state index is 12.9. The molecule has 0 saturated carbocycles. The summed E-state index contributed by atoms with van der Waals surface area (Å²) in [5.41, 5.74) is 0.625. The number of benzene rings is 1. The molecule has 0 fully saturated rings. The first-order valence-electron chi connectivity index (χ1n) is 7.57. The van der Waals surface area contributed by atoms with Crippen LogP contribution in [0.4, 0.5) is 4.39 Å². The summed E-state index contributed by atoms with van der Waals surface area (Å²) in [6.07, 6.45) is 3.15. The molecular formula is C19H18FNO4. The van der Waals surface area contributed by atoms with Gasteiger partial charge in [0.2, 0.25) is 5.76 Å². The van der Waals surface area contributed by atoms with Crippen LogP contribution in [0.1, 0.15) is 10.6 Å². The molecule has 25 heavy (non-hydrogen) atoms. The highest BCUT2D eigenvalue weighted by Gasteiger charge is 2.17. The Morgan fingerprint density at radius 1 is 1.08 bits per heavy atom. The number of halogens is 1. The molecule has 2 aromatic rings. The lowest BCUT2D eigenvalue weighted by Gasteiger charge is -2.18. The molecule has 2 rings (SSSR count). The van der Waals surface area contributed by atoms with E-state index in [1.54, 1.807) is 18.2 Å². The van der Waals surface area contributed by atoms with E-state index in [1.807, 2.05) is 0 Å². The van der Waals surface area contributed by atoms with Gasteiger partial charge in [0.25, 0.3) is 5.91 Å². The van der Waals surface area contributed by atoms with Crippen LogP contribution in [0.2, 0.25) is 0 Å². The Balaban J connectivity index is 1.97. The van der Waals surface area contributed by atoms with E-state index in [9.17, 15) is 14.0 Å². The second kappa shape index (κ2) is 8.63. The van der Waals surface area contributed by atoms with Gasteiger partial charge in [-0.25, -0.2) is 9.18 Å². The minimum atomic E-state index is -0.751. The normalized spacial score (nSPS) is 10.1. The molecule has 0 unspecified atom stereocenters. The smallest absolute Gasteiger partial charge is 0.374 e. The molecule has 0 aliphatic carbocycles. The number of carbonyl (C=O) groups excluding carboxylic acids is 2. The van der Waals surface area contributed by atoms with Gasteiger partial charge < -0.3 is 14.1 Å². The largest absolute Gasteiger partial charge is 0.450 e. The van der Waals surface area contributed by atoms with E-state index in [-0.39, 0.29) is 17.5 Å². The van der Waals surface area contributed by atoms with E-state index < -0.39 is 12.6 Å². The summed E-state index contributed by atoms with van der Waals surface area (Å²) >= 11 is 0. The van der Waals surface area contributed by atoms with Crippen molar-refractivity contribution >= 4 is 11.9 Å². The van der Waals surface area contributed by atoms with Gasteiger partial charge in [-0.05, 0) is 36.4 Å². The van der Waals surface area contributed by atoms with E-state index in [2.05, 4.69) is 13.2 Å². The molecule has 130 valence electrons. The van der Waals surface area contributed by atoms with Crippen molar-refractivity contribution in [1.82, 2.24) is 4.90 Å².